The van der Waals surface area contributed by atoms with Gasteiger partial charge in [0, 0.05) is 20.1 Å². The van der Waals surface area contributed by atoms with Gasteiger partial charge in [0.25, 0.3) is 0 Å². The highest BCUT2D eigenvalue weighted by Crippen LogP contribution is 1.98. The molecule has 0 radical (unpaired) electrons. The smallest absolute Gasteiger partial charge is 0.236 e. The zero-order chi connectivity index (χ0) is 14.2. The zero-order valence-electron chi connectivity index (χ0n) is 11.5. The highest BCUT2D eigenvalue weighted by Gasteiger charge is 2.15. The van der Waals surface area contributed by atoms with Crippen LogP contribution < -0.4 is 11.1 Å². The maximum atomic E-state index is 11.5. The summed E-state index contributed by atoms with van der Waals surface area (Å²) in [4.78, 5) is 11.5. The van der Waals surface area contributed by atoms with Crippen molar-refractivity contribution in [2.24, 2.45) is 5.73 Å². The van der Waals surface area contributed by atoms with E-state index in [9.17, 15) is 13.2 Å². The quantitative estimate of drug-likeness (QED) is 0.577. The minimum atomic E-state index is -3.13. The first kappa shape index (κ1) is 17.3. The standard InChI is InChI=1S/C11H25N3O3S/c1-4-7-10(12)11(15)13-8-6-9-14(3)18(16,17)5-2/h10H,4-9,12H2,1-3H3,(H,13,15). The summed E-state index contributed by atoms with van der Waals surface area (Å²) in [5, 5.41) is 2.71. The van der Waals surface area contributed by atoms with Crippen molar-refractivity contribution in [2.75, 3.05) is 25.9 Å². The Morgan fingerprint density at radius 2 is 2.00 bits per heavy atom. The number of nitrogens with zero attached hydrogens (tertiary/aromatic N) is 1. The van der Waals surface area contributed by atoms with Crippen molar-refractivity contribution < 1.29 is 13.2 Å². The summed E-state index contributed by atoms with van der Waals surface area (Å²) < 4.78 is 24.2. The Bertz CT molecular complexity index is 343. The first-order valence-corrected chi connectivity index (χ1v) is 7.93. The minimum absolute atomic E-state index is 0.0945. The Morgan fingerprint density at radius 3 is 2.50 bits per heavy atom. The average molecular weight is 279 g/mol. The number of hydrogen-bond acceptors (Lipinski definition) is 4. The number of rotatable bonds is 9. The summed E-state index contributed by atoms with van der Waals surface area (Å²) in [6.45, 7) is 4.42. The third-order valence-electron chi connectivity index (χ3n) is 2.73. The van der Waals surface area contributed by atoms with Gasteiger partial charge in [-0.25, -0.2) is 12.7 Å². The van der Waals surface area contributed by atoms with Crippen molar-refractivity contribution in [1.29, 1.82) is 0 Å². The van der Waals surface area contributed by atoms with Crippen molar-refractivity contribution in [3.63, 3.8) is 0 Å². The molecule has 0 fully saturated rings. The fraction of sp³-hybridized carbons (Fsp3) is 0.909. The van der Waals surface area contributed by atoms with Gasteiger partial charge in [0.2, 0.25) is 15.9 Å². The number of amides is 1. The molecule has 0 saturated heterocycles. The Labute approximate surface area is 110 Å². The van der Waals surface area contributed by atoms with Gasteiger partial charge in [0.1, 0.15) is 0 Å². The predicted octanol–water partition coefficient (Wildman–Crippen LogP) is -0.0984. The Morgan fingerprint density at radius 1 is 1.39 bits per heavy atom. The van der Waals surface area contributed by atoms with E-state index in [1.165, 1.54) is 4.31 Å². The second-order valence-electron chi connectivity index (χ2n) is 4.26. The van der Waals surface area contributed by atoms with Crippen LogP contribution in [0.2, 0.25) is 0 Å². The summed E-state index contributed by atoms with van der Waals surface area (Å²) in [5.41, 5.74) is 5.64. The van der Waals surface area contributed by atoms with Crippen molar-refractivity contribution in [1.82, 2.24) is 9.62 Å². The summed E-state index contributed by atoms with van der Waals surface area (Å²) in [6, 6.07) is -0.466. The van der Waals surface area contributed by atoms with Gasteiger partial charge in [-0.05, 0) is 19.8 Å². The van der Waals surface area contributed by atoms with Crippen LogP contribution in [0, 0.1) is 0 Å². The molecular weight excluding hydrogens is 254 g/mol. The van der Waals surface area contributed by atoms with Crippen LogP contribution in [-0.4, -0.2) is 50.6 Å². The fourth-order valence-electron chi connectivity index (χ4n) is 1.45. The van der Waals surface area contributed by atoms with Crippen molar-refractivity contribution in [2.45, 2.75) is 39.2 Å². The third-order valence-corrected chi connectivity index (χ3v) is 4.59. The summed E-state index contributed by atoms with van der Waals surface area (Å²) in [5.74, 6) is -0.0742. The van der Waals surface area contributed by atoms with Gasteiger partial charge in [-0.3, -0.25) is 4.79 Å². The van der Waals surface area contributed by atoms with Crippen LogP contribution in [0.3, 0.4) is 0 Å². The molecule has 0 aromatic rings. The number of hydrogen-bond donors (Lipinski definition) is 2. The van der Waals surface area contributed by atoms with Crippen molar-refractivity contribution in [3.8, 4) is 0 Å². The average Bonchev–Trinajstić information content (AvgIpc) is 2.34. The molecule has 3 N–H and O–H groups in total. The normalized spacial score (nSPS) is 13.6. The topological polar surface area (TPSA) is 92.5 Å². The van der Waals surface area contributed by atoms with E-state index in [0.29, 0.717) is 25.9 Å². The molecule has 0 bridgehead atoms. The van der Waals surface area contributed by atoms with Crippen LogP contribution >= 0.6 is 0 Å². The molecule has 108 valence electrons. The van der Waals surface area contributed by atoms with E-state index < -0.39 is 16.1 Å². The van der Waals surface area contributed by atoms with E-state index in [1.54, 1.807) is 14.0 Å². The molecule has 1 amide bonds. The summed E-state index contributed by atoms with van der Waals surface area (Å²) >= 11 is 0. The molecule has 1 atom stereocenters. The molecular formula is C11H25N3O3S. The van der Waals surface area contributed by atoms with Crippen molar-refractivity contribution in [3.05, 3.63) is 0 Å². The maximum Gasteiger partial charge on any atom is 0.236 e. The van der Waals surface area contributed by atoms with Gasteiger partial charge < -0.3 is 11.1 Å². The first-order chi connectivity index (χ1) is 8.35. The molecule has 0 aliphatic heterocycles. The maximum absolute atomic E-state index is 11.5. The highest BCUT2D eigenvalue weighted by molar-refractivity contribution is 7.89. The van der Waals surface area contributed by atoms with Crippen LogP contribution in [0.15, 0.2) is 0 Å². The Hall–Kier alpha value is -0.660. The van der Waals surface area contributed by atoms with E-state index in [4.69, 9.17) is 5.73 Å². The number of nitrogens with one attached hydrogen (secondary N) is 1. The molecule has 0 saturated carbocycles. The lowest BCUT2D eigenvalue weighted by Crippen LogP contribution is -2.41. The van der Waals surface area contributed by atoms with Crippen LogP contribution in [0.5, 0.6) is 0 Å². The third kappa shape index (κ3) is 6.32. The summed E-state index contributed by atoms with van der Waals surface area (Å²) in [7, 11) is -1.58. The number of carbonyl (C=O) groups is 1. The molecule has 0 heterocycles. The minimum Gasteiger partial charge on any atom is -0.355 e. The van der Waals surface area contributed by atoms with E-state index >= 15 is 0 Å². The number of nitrogens with two attached hydrogens (primary N) is 1. The van der Waals surface area contributed by atoms with E-state index in [0.717, 1.165) is 6.42 Å². The summed E-state index contributed by atoms with van der Waals surface area (Å²) in [6.07, 6.45) is 2.11. The Balaban J connectivity index is 3.84. The van der Waals surface area contributed by atoms with E-state index in [1.807, 2.05) is 6.92 Å². The van der Waals surface area contributed by atoms with Crippen LogP contribution in [0.1, 0.15) is 33.1 Å². The Kier molecular flexibility index (Phi) is 8.13. The van der Waals surface area contributed by atoms with Gasteiger partial charge >= 0.3 is 0 Å². The second kappa shape index (κ2) is 8.44. The molecule has 18 heavy (non-hydrogen) atoms. The van der Waals surface area contributed by atoms with Gasteiger partial charge in [-0.15, -0.1) is 0 Å². The largest absolute Gasteiger partial charge is 0.355 e. The van der Waals surface area contributed by atoms with Crippen LogP contribution in [0.4, 0.5) is 0 Å². The molecule has 0 aliphatic rings. The molecule has 0 aliphatic carbocycles. The zero-order valence-corrected chi connectivity index (χ0v) is 12.3. The second-order valence-corrected chi connectivity index (χ2v) is 6.63. The predicted molar refractivity (Wildman–Crippen MR) is 72.6 cm³/mol. The lowest BCUT2D eigenvalue weighted by molar-refractivity contribution is -0.122. The molecule has 0 rings (SSSR count). The number of carbonyl (C=O) groups excluding carboxylic acids is 1. The first-order valence-electron chi connectivity index (χ1n) is 6.32. The monoisotopic (exact) mass is 279 g/mol. The molecule has 0 aromatic carbocycles. The van der Waals surface area contributed by atoms with Gasteiger partial charge in [-0.2, -0.15) is 0 Å². The molecule has 7 heteroatoms. The van der Waals surface area contributed by atoms with Gasteiger partial charge in [0.15, 0.2) is 0 Å². The molecule has 0 spiro atoms. The molecule has 6 nitrogen and oxygen atoms in total. The SMILES string of the molecule is CCCC(N)C(=O)NCCCN(C)S(=O)(=O)CC. The van der Waals surface area contributed by atoms with E-state index in [2.05, 4.69) is 5.32 Å². The molecule has 0 aromatic heterocycles. The molecule has 1 unspecified atom stereocenters. The van der Waals surface area contributed by atoms with Crippen LogP contribution in [-0.2, 0) is 14.8 Å². The lowest BCUT2D eigenvalue weighted by atomic mass is 10.2. The van der Waals surface area contributed by atoms with Crippen LogP contribution in [0.25, 0.3) is 0 Å². The van der Waals surface area contributed by atoms with Gasteiger partial charge in [-0.1, -0.05) is 13.3 Å². The lowest BCUT2D eigenvalue weighted by Gasteiger charge is -2.16. The van der Waals surface area contributed by atoms with Crippen molar-refractivity contribution >= 4 is 15.9 Å². The van der Waals surface area contributed by atoms with E-state index in [-0.39, 0.29) is 11.7 Å². The van der Waals surface area contributed by atoms with Gasteiger partial charge in [0.05, 0.1) is 11.8 Å². The highest BCUT2D eigenvalue weighted by atomic mass is 32.2. The number of sulfonamides is 1. The fourth-order valence-corrected chi connectivity index (χ4v) is 2.29.